The van der Waals surface area contributed by atoms with E-state index in [9.17, 15) is 19.5 Å². The average Bonchev–Trinajstić information content (AvgIpc) is 3.23. The summed E-state index contributed by atoms with van der Waals surface area (Å²) in [6, 6.07) is 17.2. The minimum Gasteiger partial charge on any atom is -0.481 e. The van der Waals surface area contributed by atoms with E-state index in [4.69, 9.17) is 0 Å². The van der Waals surface area contributed by atoms with Gasteiger partial charge in [0.1, 0.15) is 6.04 Å². The van der Waals surface area contributed by atoms with Crippen LogP contribution in [-0.2, 0) is 20.8 Å². The van der Waals surface area contributed by atoms with Gasteiger partial charge in [-0.15, -0.1) is 0 Å². The van der Waals surface area contributed by atoms with E-state index >= 15 is 0 Å². The minimum atomic E-state index is -0.982. The third kappa shape index (κ3) is 5.51. The highest BCUT2D eigenvalue weighted by Gasteiger charge is 2.44. The van der Waals surface area contributed by atoms with Gasteiger partial charge in [-0.3, -0.25) is 14.4 Å². The fourth-order valence-corrected chi connectivity index (χ4v) is 4.35. The van der Waals surface area contributed by atoms with Gasteiger partial charge in [0, 0.05) is 20.5 Å². The van der Waals surface area contributed by atoms with Gasteiger partial charge >= 0.3 is 5.97 Å². The number of nitrogens with zero attached hydrogens (tertiary/aromatic N) is 1. The van der Waals surface area contributed by atoms with Crippen LogP contribution in [0.4, 0.5) is 0 Å². The van der Waals surface area contributed by atoms with Gasteiger partial charge < -0.3 is 15.3 Å². The summed E-state index contributed by atoms with van der Waals surface area (Å²) in [7, 11) is 3.31. The van der Waals surface area contributed by atoms with Crippen molar-refractivity contribution >= 4 is 17.8 Å². The third-order valence-electron chi connectivity index (χ3n) is 6.08. The SMILES string of the molecule is CN(C)C(=O)[C@H](Cc1ccc(-c2ccccc2)cc1)NC(=O)C1(CC(=O)O)CCCC1. The molecular weight excluding hydrogens is 392 g/mol. The van der Waals surface area contributed by atoms with E-state index in [1.807, 2.05) is 54.6 Å². The van der Waals surface area contributed by atoms with Gasteiger partial charge in [0.25, 0.3) is 0 Å². The lowest BCUT2D eigenvalue weighted by molar-refractivity contribution is -0.146. The maximum atomic E-state index is 13.1. The topological polar surface area (TPSA) is 86.7 Å². The largest absolute Gasteiger partial charge is 0.481 e. The molecule has 6 heteroatoms. The van der Waals surface area contributed by atoms with E-state index in [1.165, 1.54) is 4.90 Å². The first-order chi connectivity index (χ1) is 14.8. The smallest absolute Gasteiger partial charge is 0.304 e. The van der Waals surface area contributed by atoms with Crippen molar-refractivity contribution in [2.75, 3.05) is 14.1 Å². The second-order valence-electron chi connectivity index (χ2n) is 8.58. The van der Waals surface area contributed by atoms with Crippen LogP contribution in [0.1, 0.15) is 37.7 Å². The van der Waals surface area contributed by atoms with Crippen molar-refractivity contribution < 1.29 is 19.5 Å². The van der Waals surface area contributed by atoms with Crippen molar-refractivity contribution in [2.45, 2.75) is 44.6 Å². The molecule has 1 atom stereocenters. The lowest BCUT2D eigenvalue weighted by Crippen LogP contribution is -2.52. The Balaban J connectivity index is 1.77. The molecule has 0 spiro atoms. The number of hydrogen-bond acceptors (Lipinski definition) is 3. The van der Waals surface area contributed by atoms with Crippen LogP contribution in [0.25, 0.3) is 11.1 Å². The first-order valence-corrected chi connectivity index (χ1v) is 10.7. The van der Waals surface area contributed by atoms with Crippen molar-refractivity contribution in [3.8, 4) is 11.1 Å². The Morgan fingerprint density at radius 3 is 2.10 bits per heavy atom. The summed E-state index contributed by atoms with van der Waals surface area (Å²) in [6.45, 7) is 0. The first kappa shape index (κ1) is 22.5. The van der Waals surface area contributed by atoms with Crippen LogP contribution in [0, 0.1) is 5.41 Å². The van der Waals surface area contributed by atoms with E-state index in [1.54, 1.807) is 14.1 Å². The van der Waals surface area contributed by atoms with Crippen molar-refractivity contribution in [1.29, 1.82) is 0 Å². The second-order valence-corrected chi connectivity index (χ2v) is 8.58. The lowest BCUT2D eigenvalue weighted by atomic mass is 9.81. The Hall–Kier alpha value is -3.15. The van der Waals surface area contributed by atoms with E-state index in [2.05, 4.69) is 5.32 Å². The van der Waals surface area contributed by atoms with Crippen molar-refractivity contribution in [3.63, 3.8) is 0 Å². The number of hydrogen-bond donors (Lipinski definition) is 2. The third-order valence-corrected chi connectivity index (χ3v) is 6.08. The molecule has 0 unspecified atom stereocenters. The summed E-state index contributed by atoms with van der Waals surface area (Å²) < 4.78 is 0. The predicted molar refractivity (Wildman–Crippen MR) is 119 cm³/mol. The molecule has 0 radical (unpaired) electrons. The molecule has 1 aliphatic rings. The molecule has 31 heavy (non-hydrogen) atoms. The fourth-order valence-electron chi connectivity index (χ4n) is 4.35. The monoisotopic (exact) mass is 422 g/mol. The molecule has 2 N–H and O–H groups in total. The summed E-state index contributed by atoms with van der Waals surface area (Å²) in [5, 5.41) is 12.2. The fraction of sp³-hybridized carbons (Fsp3) is 0.400. The Bertz CT molecular complexity index is 916. The van der Waals surface area contributed by atoms with Gasteiger partial charge in [0.15, 0.2) is 0 Å². The zero-order chi connectivity index (χ0) is 22.4. The summed E-state index contributed by atoms with van der Waals surface area (Å²) in [4.78, 5) is 38.8. The molecular formula is C25H30N2O4. The molecule has 164 valence electrons. The van der Waals surface area contributed by atoms with Crippen LogP contribution in [-0.4, -0.2) is 47.9 Å². The zero-order valence-electron chi connectivity index (χ0n) is 18.1. The minimum absolute atomic E-state index is 0.201. The van der Waals surface area contributed by atoms with Crippen LogP contribution in [0.2, 0.25) is 0 Å². The number of carboxylic acid groups (broad SMARTS) is 1. The molecule has 6 nitrogen and oxygen atoms in total. The number of nitrogens with one attached hydrogen (secondary N) is 1. The quantitative estimate of drug-likeness (QED) is 0.682. The summed E-state index contributed by atoms with van der Waals surface area (Å²) in [6.07, 6.45) is 2.88. The Labute approximate surface area is 183 Å². The maximum absolute atomic E-state index is 13.1. The maximum Gasteiger partial charge on any atom is 0.304 e. The standard InChI is InChI=1S/C25H30N2O4/c1-27(2)23(30)21(26-24(31)25(17-22(28)29)14-6-7-15-25)16-18-10-12-20(13-11-18)19-8-4-3-5-9-19/h3-5,8-13,21H,6-7,14-17H2,1-2H3,(H,26,31)(H,28,29)/t21-/m0/s1. The van der Waals surface area contributed by atoms with E-state index < -0.39 is 17.4 Å². The number of amides is 2. The van der Waals surface area contributed by atoms with Gasteiger partial charge in [-0.1, -0.05) is 67.4 Å². The summed E-state index contributed by atoms with van der Waals surface area (Å²) >= 11 is 0. The Morgan fingerprint density at radius 1 is 0.968 bits per heavy atom. The second kappa shape index (κ2) is 9.77. The Morgan fingerprint density at radius 2 is 1.55 bits per heavy atom. The molecule has 2 aromatic rings. The molecule has 3 rings (SSSR count). The number of carbonyl (C=O) groups is 3. The van der Waals surface area contributed by atoms with Crippen LogP contribution >= 0.6 is 0 Å². The molecule has 0 heterocycles. The van der Waals surface area contributed by atoms with Crippen molar-refractivity contribution in [3.05, 3.63) is 60.2 Å². The number of likely N-dealkylation sites (N-methyl/N-ethyl adjacent to an activating group) is 1. The molecule has 0 aliphatic heterocycles. The summed E-state index contributed by atoms with van der Waals surface area (Å²) in [5.41, 5.74) is 2.20. The molecule has 1 saturated carbocycles. The molecule has 0 bridgehead atoms. The normalized spacial score (nSPS) is 15.8. The number of carbonyl (C=O) groups excluding carboxylic acids is 2. The van der Waals surface area contributed by atoms with Crippen LogP contribution in [0.15, 0.2) is 54.6 Å². The summed E-state index contributed by atoms with van der Waals surface area (Å²) in [5.74, 6) is -1.51. The van der Waals surface area contributed by atoms with E-state index in [0.29, 0.717) is 19.3 Å². The number of aliphatic carboxylic acids is 1. The van der Waals surface area contributed by atoms with Crippen LogP contribution < -0.4 is 5.32 Å². The van der Waals surface area contributed by atoms with Gasteiger partial charge in [-0.2, -0.15) is 0 Å². The predicted octanol–water partition coefficient (Wildman–Crippen LogP) is 3.50. The number of rotatable bonds is 8. The van der Waals surface area contributed by atoms with Gasteiger partial charge in [0.2, 0.25) is 11.8 Å². The average molecular weight is 423 g/mol. The first-order valence-electron chi connectivity index (χ1n) is 10.7. The van der Waals surface area contributed by atoms with E-state index in [0.717, 1.165) is 29.5 Å². The molecule has 2 aromatic carbocycles. The van der Waals surface area contributed by atoms with Crippen molar-refractivity contribution in [2.24, 2.45) is 5.41 Å². The molecule has 1 fully saturated rings. The Kier molecular flexibility index (Phi) is 7.10. The highest BCUT2D eigenvalue weighted by atomic mass is 16.4. The zero-order valence-corrected chi connectivity index (χ0v) is 18.1. The molecule has 0 aromatic heterocycles. The van der Waals surface area contributed by atoms with Crippen LogP contribution in [0.3, 0.4) is 0 Å². The highest BCUT2D eigenvalue weighted by Crippen LogP contribution is 2.41. The molecule has 0 saturated heterocycles. The van der Waals surface area contributed by atoms with Crippen LogP contribution in [0.5, 0.6) is 0 Å². The van der Waals surface area contributed by atoms with Gasteiger partial charge in [-0.05, 0) is 29.5 Å². The van der Waals surface area contributed by atoms with E-state index in [-0.39, 0.29) is 18.2 Å². The number of benzene rings is 2. The van der Waals surface area contributed by atoms with Crippen molar-refractivity contribution in [1.82, 2.24) is 10.2 Å². The lowest BCUT2D eigenvalue weighted by Gasteiger charge is -2.30. The van der Waals surface area contributed by atoms with Gasteiger partial charge in [0.05, 0.1) is 11.8 Å². The molecule has 1 aliphatic carbocycles. The van der Waals surface area contributed by atoms with Gasteiger partial charge in [-0.25, -0.2) is 0 Å². The highest BCUT2D eigenvalue weighted by molar-refractivity contribution is 5.92. The molecule has 2 amide bonds. The number of carboxylic acids is 1.